The van der Waals surface area contributed by atoms with Crippen LogP contribution in [-0.2, 0) is 9.59 Å². The lowest BCUT2D eigenvalue weighted by Crippen LogP contribution is -2.37. The van der Waals surface area contributed by atoms with Gasteiger partial charge in [-0.1, -0.05) is 54.1 Å². The lowest BCUT2D eigenvalue weighted by molar-refractivity contribution is -0.120. The molecular weight excluding hydrogens is 359 g/mol. The Morgan fingerprint density at radius 2 is 1.65 bits per heavy atom. The Balaban J connectivity index is 1.84. The first-order valence-electron chi connectivity index (χ1n) is 7.49. The molecule has 1 aliphatic carbocycles. The third-order valence-corrected chi connectivity index (χ3v) is 5.23. The van der Waals surface area contributed by atoms with Crippen molar-refractivity contribution in [1.82, 2.24) is 5.32 Å². The van der Waals surface area contributed by atoms with E-state index >= 15 is 0 Å². The summed E-state index contributed by atoms with van der Waals surface area (Å²) in [5.74, 6) is -1.00. The summed E-state index contributed by atoms with van der Waals surface area (Å²) in [5, 5.41) is 3.70. The summed E-state index contributed by atoms with van der Waals surface area (Å²) in [7, 11) is 0. The summed E-state index contributed by atoms with van der Waals surface area (Å²) >= 11 is 18.0. The van der Waals surface area contributed by atoms with Crippen LogP contribution in [0.2, 0.25) is 10.0 Å². The third-order valence-electron chi connectivity index (χ3n) is 4.14. The van der Waals surface area contributed by atoms with Gasteiger partial charge in [0.05, 0.1) is 15.7 Å². The van der Waals surface area contributed by atoms with Gasteiger partial charge in [-0.25, -0.2) is 4.90 Å². The highest BCUT2D eigenvalue weighted by Crippen LogP contribution is 2.33. The quantitative estimate of drug-likeness (QED) is 0.806. The summed E-state index contributed by atoms with van der Waals surface area (Å²) in [6.45, 7) is 0. The molecule has 4 nitrogen and oxygen atoms in total. The number of nitrogens with zero attached hydrogens (tertiary/aromatic N) is 1. The average molecular weight is 374 g/mol. The van der Waals surface area contributed by atoms with Crippen LogP contribution in [0.15, 0.2) is 28.9 Å². The first-order valence-corrected chi connectivity index (χ1v) is 8.62. The number of rotatable bonds is 3. The van der Waals surface area contributed by atoms with Gasteiger partial charge in [0.2, 0.25) is 0 Å². The van der Waals surface area contributed by atoms with Gasteiger partial charge < -0.3 is 5.32 Å². The van der Waals surface area contributed by atoms with Crippen LogP contribution >= 0.6 is 34.8 Å². The molecule has 1 saturated carbocycles. The maximum Gasteiger partial charge on any atom is 0.283 e. The van der Waals surface area contributed by atoms with Gasteiger partial charge in [-0.15, -0.1) is 0 Å². The van der Waals surface area contributed by atoms with Crippen molar-refractivity contribution in [3.8, 4) is 0 Å². The third kappa shape index (κ3) is 3.21. The van der Waals surface area contributed by atoms with Gasteiger partial charge in [0.15, 0.2) is 0 Å². The topological polar surface area (TPSA) is 49.4 Å². The van der Waals surface area contributed by atoms with Gasteiger partial charge in [-0.3, -0.25) is 9.59 Å². The van der Waals surface area contributed by atoms with E-state index in [0.717, 1.165) is 30.6 Å². The van der Waals surface area contributed by atoms with E-state index in [1.807, 2.05) is 0 Å². The van der Waals surface area contributed by atoms with Gasteiger partial charge in [-0.05, 0) is 31.0 Å². The molecule has 0 aromatic heterocycles. The predicted octanol–water partition coefficient (Wildman–Crippen LogP) is 4.24. The van der Waals surface area contributed by atoms with Crippen molar-refractivity contribution >= 4 is 52.3 Å². The molecule has 122 valence electrons. The Kier molecular flexibility index (Phi) is 4.85. The zero-order chi connectivity index (χ0) is 16.6. The fourth-order valence-electron chi connectivity index (χ4n) is 2.94. The smallest absolute Gasteiger partial charge is 0.283 e. The van der Waals surface area contributed by atoms with Gasteiger partial charge in [0.25, 0.3) is 11.8 Å². The molecule has 1 aliphatic heterocycles. The molecule has 0 bridgehead atoms. The van der Waals surface area contributed by atoms with E-state index in [9.17, 15) is 9.59 Å². The average Bonchev–Trinajstić information content (AvgIpc) is 2.75. The number of halogens is 3. The van der Waals surface area contributed by atoms with Gasteiger partial charge in [0, 0.05) is 6.04 Å². The maximum atomic E-state index is 12.6. The monoisotopic (exact) mass is 372 g/mol. The lowest BCUT2D eigenvalue weighted by atomic mass is 9.95. The Hall–Kier alpha value is -1.23. The van der Waals surface area contributed by atoms with Crippen LogP contribution in [0.5, 0.6) is 0 Å². The molecule has 0 radical (unpaired) electrons. The fraction of sp³-hybridized carbons (Fsp3) is 0.375. The van der Waals surface area contributed by atoms with Gasteiger partial charge in [-0.2, -0.15) is 0 Å². The number of carbonyl (C=O) groups excluding carboxylic acids is 2. The summed E-state index contributed by atoms with van der Waals surface area (Å²) in [6, 6.07) is 4.77. The predicted molar refractivity (Wildman–Crippen MR) is 91.8 cm³/mol. The Labute approximate surface area is 149 Å². The second-order valence-corrected chi connectivity index (χ2v) is 6.90. The Morgan fingerprint density at radius 3 is 2.30 bits per heavy atom. The van der Waals surface area contributed by atoms with Crippen molar-refractivity contribution in [3.05, 3.63) is 39.0 Å². The summed E-state index contributed by atoms with van der Waals surface area (Å²) in [6.07, 6.45) is 5.37. The summed E-state index contributed by atoms with van der Waals surface area (Å²) in [4.78, 5) is 26.0. The van der Waals surface area contributed by atoms with Crippen molar-refractivity contribution in [2.45, 2.75) is 38.1 Å². The number of anilines is 1. The van der Waals surface area contributed by atoms with E-state index in [-0.39, 0.29) is 21.8 Å². The number of amides is 2. The van der Waals surface area contributed by atoms with Crippen LogP contribution < -0.4 is 10.2 Å². The van der Waals surface area contributed by atoms with E-state index < -0.39 is 11.8 Å². The van der Waals surface area contributed by atoms with Crippen LogP contribution in [0, 0.1) is 0 Å². The second-order valence-electron chi connectivity index (χ2n) is 5.71. The number of hydrogen-bond acceptors (Lipinski definition) is 3. The van der Waals surface area contributed by atoms with Crippen molar-refractivity contribution in [3.63, 3.8) is 0 Å². The molecule has 0 atom stereocenters. The second kappa shape index (κ2) is 6.71. The van der Waals surface area contributed by atoms with E-state index in [1.165, 1.54) is 12.5 Å². The molecule has 1 N–H and O–H groups in total. The van der Waals surface area contributed by atoms with Crippen molar-refractivity contribution in [2.24, 2.45) is 0 Å². The molecule has 2 amide bonds. The summed E-state index contributed by atoms with van der Waals surface area (Å²) in [5.41, 5.74) is 0.530. The number of carbonyl (C=O) groups is 2. The van der Waals surface area contributed by atoms with Crippen molar-refractivity contribution in [1.29, 1.82) is 0 Å². The Morgan fingerprint density at radius 1 is 0.957 bits per heavy atom. The van der Waals surface area contributed by atoms with Crippen molar-refractivity contribution in [2.75, 3.05) is 4.90 Å². The Bertz CT molecular complexity index is 697. The largest absolute Gasteiger partial charge is 0.376 e. The number of nitrogens with one attached hydrogen (secondary N) is 1. The lowest BCUT2D eigenvalue weighted by Gasteiger charge is -2.24. The molecule has 0 spiro atoms. The summed E-state index contributed by atoms with van der Waals surface area (Å²) < 4.78 is 0. The minimum Gasteiger partial charge on any atom is -0.376 e. The molecular formula is C16H15Cl3N2O2. The van der Waals surface area contributed by atoms with E-state index in [0.29, 0.717) is 10.7 Å². The number of imide groups is 1. The molecule has 3 rings (SSSR count). The van der Waals surface area contributed by atoms with E-state index in [4.69, 9.17) is 34.8 Å². The molecule has 1 heterocycles. The van der Waals surface area contributed by atoms with E-state index in [2.05, 4.69) is 5.32 Å². The van der Waals surface area contributed by atoms with Crippen LogP contribution in [0.25, 0.3) is 0 Å². The minimum atomic E-state index is -0.548. The standard InChI is InChI=1S/C16H15Cl3N2O2/c17-11-7-6-10(8-12(11)18)21-15(22)13(19)14(16(21)23)20-9-4-2-1-3-5-9/h6-9,20H,1-5H2. The first kappa shape index (κ1) is 16.6. The maximum absolute atomic E-state index is 12.6. The number of benzene rings is 1. The number of hydrogen-bond donors (Lipinski definition) is 1. The molecule has 1 aromatic carbocycles. The zero-order valence-corrected chi connectivity index (χ0v) is 14.5. The molecule has 7 heteroatoms. The SMILES string of the molecule is O=C1C(Cl)=C(NC2CCCCC2)C(=O)N1c1ccc(Cl)c(Cl)c1. The van der Waals surface area contributed by atoms with Crippen molar-refractivity contribution < 1.29 is 9.59 Å². The molecule has 2 aliphatic rings. The van der Waals surface area contributed by atoms with Gasteiger partial charge in [0.1, 0.15) is 10.7 Å². The molecule has 1 fully saturated rings. The van der Waals surface area contributed by atoms with Crippen LogP contribution in [0.4, 0.5) is 5.69 Å². The fourth-order valence-corrected chi connectivity index (χ4v) is 3.45. The molecule has 0 unspecified atom stereocenters. The first-order chi connectivity index (χ1) is 11.0. The minimum absolute atomic E-state index is 0.0772. The highest BCUT2D eigenvalue weighted by atomic mass is 35.5. The van der Waals surface area contributed by atoms with Crippen LogP contribution in [0.3, 0.4) is 0 Å². The van der Waals surface area contributed by atoms with Crippen LogP contribution in [-0.4, -0.2) is 17.9 Å². The highest BCUT2D eigenvalue weighted by molar-refractivity contribution is 6.52. The molecule has 1 aromatic rings. The zero-order valence-electron chi connectivity index (χ0n) is 12.2. The van der Waals surface area contributed by atoms with Crippen LogP contribution in [0.1, 0.15) is 32.1 Å². The van der Waals surface area contributed by atoms with Gasteiger partial charge >= 0.3 is 0 Å². The molecule has 0 saturated heterocycles. The highest BCUT2D eigenvalue weighted by Gasteiger charge is 2.39. The normalized spacial score (nSPS) is 19.7. The van der Waals surface area contributed by atoms with E-state index in [1.54, 1.807) is 12.1 Å². The molecule has 23 heavy (non-hydrogen) atoms.